The van der Waals surface area contributed by atoms with Crippen LogP contribution in [-0.4, -0.2) is 58.8 Å². The third kappa shape index (κ3) is 5.99. The van der Waals surface area contributed by atoms with E-state index < -0.39 is 18.0 Å². The highest BCUT2D eigenvalue weighted by Crippen LogP contribution is 2.26. The van der Waals surface area contributed by atoms with Crippen LogP contribution in [-0.2, 0) is 16.0 Å². The molecule has 1 N–H and O–H groups in total. The summed E-state index contributed by atoms with van der Waals surface area (Å²) >= 11 is 0. The van der Waals surface area contributed by atoms with Gasteiger partial charge in [-0.05, 0) is 24.5 Å². The van der Waals surface area contributed by atoms with E-state index in [9.17, 15) is 22.4 Å². The van der Waals surface area contributed by atoms with Gasteiger partial charge in [-0.2, -0.15) is 13.2 Å². The van der Waals surface area contributed by atoms with Gasteiger partial charge >= 0.3 is 12.1 Å². The molecule has 2 aromatic rings. The second-order valence-electron chi connectivity index (χ2n) is 6.48. The molecule has 1 fully saturated rings. The average Bonchev–Trinajstić information content (AvgIpc) is 3.11. The molecule has 6 nitrogen and oxygen atoms in total. The highest BCUT2D eigenvalue weighted by molar-refractivity contribution is 5.94. The number of hydrogen-bond acceptors (Lipinski definition) is 4. The van der Waals surface area contributed by atoms with Crippen LogP contribution in [0.2, 0.25) is 0 Å². The molecule has 2 heterocycles. The normalized spacial score (nSPS) is 18.5. The maximum absolute atomic E-state index is 13.9. The summed E-state index contributed by atoms with van der Waals surface area (Å²) in [5.41, 5.74) is 1.20. The number of nitrogens with zero attached hydrogens (tertiary/aromatic N) is 2. The van der Waals surface area contributed by atoms with Gasteiger partial charge in [0.1, 0.15) is 0 Å². The van der Waals surface area contributed by atoms with Crippen LogP contribution < -0.4 is 0 Å². The topological polar surface area (TPSA) is 79.7 Å². The molecule has 0 spiro atoms. The molecule has 0 unspecified atom stereocenters. The predicted octanol–water partition coefficient (Wildman–Crippen LogP) is 3.33. The summed E-state index contributed by atoms with van der Waals surface area (Å²) < 4.78 is 51.2. The van der Waals surface area contributed by atoms with E-state index in [1.54, 1.807) is 12.0 Å². The largest absolute Gasteiger partial charge is 0.490 e. The van der Waals surface area contributed by atoms with E-state index in [2.05, 4.69) is 4.98 Å². The second-order valence-corrected chi connectivity index (χ2v) is 6.48. The Morgan fingerprint density at radius 1 is 1.23 bits per heavy atom. The number of hydrogen-bond donors (Lipinski definition) is 1. The van der Waals surface area contributed by atoms with Gasteiger partial charge in [0, 0.05) is 19.9 Å². The van der Waals surface area contributed by atoms with Crippen molar-refractivity contribution in [2.45, 2.75) is 31.2 Å². The Morgan fingerprint density at radius 3 is 2.40 bits per heavy atom. The Balaban J connectivity index is 0.000000396. The lowest BCUT2D eigenvalue weighted by Crippen LogP contribution is -2.42. The van der Waals surface area contributed by atoms with E-state index in [4.69, 9.17) is 14.6 Å². The number of amides is 1. The van der Waals surface area contributed by atoms with E-state index in [-0.39, 0.29) is 23.6 Å². The summed E-state index contributed by atoms with van der Waals surface area (Å²) in [4.78, 5) is 27.1. The first-order valence-electron chi connectivity index (χ1n) is 8.92. The van der Waals surface area contributed by atoms with Crippen LogP contribution in [0.1, 0.15) is 22.3 Å². The van der Waals surface area contributed by atoms with Gasteiger partial charge in [-0.15, -0.1) is 0 Å². The second kappa shape index (κ2) is 10.1. The Hall–Kier alpha value is -3.01. The van der Waals surface area contributed by atoms with E-state index in [0.717, 1.165) is 18.2 Å². The number of aliphatic carboxylic acids is 1. The molecule has 1 aliphatic heterocycles. The van der Waals surface area contributed by atoms with E-state index >= 15 is 0 Å². The van der Waals surface area contributed by atoms with Crippen molar-refractivity contribution in [2.75, 3.05) is 13.7 Å². The molecule has 0 aliphatic carbocycles. The van der Waals surface area contributed by atoms with Gasteiger partial charge in [-0.1, -0.05) is 30.3 Å². The van der Waals surface area contributed by atoms with Crippen LogP contribution in [0.3, 0.4) is 0 Å². The third-order valence-corrected chi connectivity index (χ3v) is 4.58. The number of carbonyl (C=O) groups excluding carboxylic acids is 1. The van der Waals surface area contributed by atoms with Crippen molar-refractivity contribution < 1.29 is 37.0 Å². The fourth-order valence-corrected chi connectivity index (χ4v) is 3.15. The zero-order chi connectivity index (χ0) is 22.3. The number of ether oxygens (including phenoxy) is 1. The molecular formula is C20H20F4N2O4. The van der Waals surface area contributed by atoms with Crippen molar-refractivity contribution in [2.24, 2.45) is 0 Å². The van der Waals surface area contributed by atoms with Crippen molar-refractivity contribution in [3.05, 3.63) is 65.7 Å². The molecule has 2 atom stereocenters. The molecular weight excluding hydrogens is 408 g/mol. The lowest BCUT2D eigenvalue weighted by atomic mass is 10.0. The number of rotatable bonds is 4. The number of pyridine rings is 1. The summed E-state index contributed by atoms with van der Waals surface area (Å²) in [6, 6.07) is 11.3. The molecule has 30 heavy (non-hydrogen) atoms. The van der Waals surface area contributed by atoms with Crippen molar-refractivity contribution in [3.63, 3.8) is 0 Å². The lowest BCUT2D eigenvalue weighted by Gasteiger charge is -2.28. The van der Waals surface area contributed by atoms with Crippen LogP contribution in [0, 0.1) is 5.82 Å². The SMILES string of the molecule is CO[C@H]1CCN(C(=O)c2ccncc2F)[C@H]1Cc1ccccc1.O=C(O)C(F)(F)F. The first kappa shape index (κ1) is 23.3. The highest BCUT2D eigenvalue weighted by atomic mass is 19.4. The minimum atomic E-state index is -5.08. The third-order valence-electron chi connectivity index (χ3n) is 4.58. The molecule has 162 valence electrons. The quantitative estimate of drug-likeness (QED) is 0.756. The van der Waals surface area contributed by atoms with Crippen molar-refractivity contribution in [1.29, 1.82) is 0 Å². The number of carboxylic acids is 1. The summed E-state index contributed by atoms with van der Waals surface area (Å²) in [7, 11) is 1.66. The zero-order valence-corrected chi connectivity index (χ0v) is 16.0. The van der Waals surface area contributed by atoms with Crippen molar-refractivity contribution in [1.82, 2.24) is 9.88 Å². The average molecular weight is 428 g/mol. The maximum atomic E-state index is 13.9. The minimum absolute atomic E-state index is 0.0379. The molecule has 3 rings (SSSR count). The van der Waals surface area contributed by atoms with Crippen LogP contribution in [0.4, 0.5) is 17.6 Å². The van der Waals surface area contributed by atoms with E-state index in [1.165, 1.54) is 12.3 Å². The molecule has 0 saturated carbocycles. The number of carboxylic acid groups (broad SMARTS) is 1. The molecule has 10 heteroatoms. The van der Waals surface area contributed by atoms with Gasteiger partial charge in [-0.3, -0.25) is 9.78 Å². The van der Waals surface area contributed by atoms with Crippen molar-refractivity contribution in [3.8, 4) is 0 Å². The zero-order valence-electron chi connectivity index (χ0n) is 16.0. The van der Waals surface area contributed by atoms with Gasteiger partial charge in [0.2, 0.25) is 0 Å². The lowest BCUT2D eigenvalue weighted by molar-refractivity contribution is -0.192. The van der Waals surface area contributed by atoms with Crippen LogP contribution in [0.15, 0.2) is 48.8 Å². The Kier molecular flexibility index (Phi) is 7.87. The van der Waals surface area contributed by atoms with Gasteiger partial charge in [-0.25, -0.2) is 9.18 Å². The molecule has 1 amide bonds. The van der Waals surface area contributed by atoms with Gasteiger partial charge in [0.15, 0.2) is 5.82 Å². The predicted molar refractivity (Wildman–Crippen MR) is 98.3 cm³/mol. The number of alkyl halides is 3. The number of likely N-dealkylation sites (tertiary alicyclic amines) is 1. The fraction of sp³-hybridized carbons (Fsp3) is 0.350. The van der Waals surface area contributed by atoms with Crippen LogP contribution >= 0.6 is 0 Å². The Bertz CT molecular complexity index is 861. The molecule has 0 radical (unpaired) electrons. The van der Waals surface area contributed by atoms with Gasteiger partial charge < -0.3 is 14.7 Å². The van der Waals surface area contributed by atoms with Gasteiger partial charge in [0.05, 0.1) is 23.9 Å². The van der Waals surface area contributed by atoms with Gasteiger partial charge in [0.25, 0.3) is 5.91 Å². The van der Waals surface area contributed by atoms with Crippen LogP contribution in [0.5, 0.6) is 0 Å². The first-order valence-corrected chi connectivity index (χ1v) is 8.92. The monoisotopic (exact) mass is 428 g/mol. The Morgan fingerprint density at radius 2 is 1.87 bits per heavy atom. The molecule has 1 aliphatic rings. The smallest absolute Gasteiger partial charge is 0.475 e. The van der Waals surface area contributed by atoms with E-state index in [1.807, 2.05) is 30.3 Å². The number of benzene rings is 1. The maximum Gasteiger partial charge on any atom is 0.490 e. The summed E-state index contributed by atoms with van der Waals surface area (Å²) in [6.45, 7) is 0.566. The van der Waals surface area contributed by atoms with Crippen molar-refractivity contribution >= 4 is 11.9 Å². The Labute approximate surface area is 170 Å². The minimum Gasteiger partial charge on any atom is -0.475 e. The highest BCUT2D eigenvalue weighted by Gasteiger charge is 2.39. The molecule has 1 aromatic heterocycles. The standard InChI is InChI=1S/C18H19FN2O2.C2HF3O2/c1-23-17-8-10-21(16(17)11-13-5-3-2-4-6-13)18(22)14-7-9-20-12-15(14)19;3-2(4,5)1(6)7/h2-7,9,12,16-17H,8,10-11H2,1H3;(H,6,7)/t16-,17-;/m0./s1. The molecule has 1 saturated heterocycles. The first-order chi connectivity index (χ1) is 14.1. The number of methoxy groups -OCH3 is 1. The summed E-state index contributed by atoms with van der Waals surface area (Å²) in [5.74, 6) is -3.64. The van der Waals surface area contributed by atoms with Crippen LogP contribution in [0.25, 0.3) is 0 Å². The number of carbonyl (C=O) groups is 2. The summed E-state index contributed by atoms with van der Waals surface area (Å²) in [6.07, 6.45) is -1.16. The number of aromatic nitrogens is 1. The van der Waals surface area contributed by atoms with E-state index in [0.29, 0.717) is 13.0 Å². The molecule has 0 bridgehead atoms. The fourth-order valence-electron chi connectivity index (χ4n) is 3.15. The molecule has 1 aromatic carbocycles. The number of halogens is 4. The summed E-state index contributed by atoms with van der Waals surface area (Å²) in [5, 5.41) is 7.12.